The molecule has 1 N–H and O–H groups in total. The van der Waals surface area contributed by atoms with Crippen LogP contribution in [-0.2, 0) is 16.4 Å². The standard InChI is InChI=1S/C16H19NO4S/c1-11(2)13-8-15(16(18)19)17(10-13)9-12-4-6-14(7-5-12)22(3,20)21/h4-8,10-11H,9H2,1-3H3,(H,18,19). The second-order valence-electron chi connectivity index (χ2n) is 5.66. The molecule has 1 aromatic heterocycles. The van der Waals surface area contributed by atoms with Crippen LogP contribution in [0, 0.1) is 0 Å². The van der Waals surface area contributed by atoms with Crippen molar-refractivity contribution in [3.8, 4) is 0 Å². The van der Waals surface area contributed by atoms with E-state index in [1.54, 1.807) is 22.8 Å². The summed E-state index contributed by atoms with van der Waals surface area (Å²) in [6.45, 7) is 4.40. The number of carboxylic acids is 1. The molecule has 0 saturated heterocycles. The predicted octanol–water partition coefficient (Wildman–Crippen LogP) is 2.76. The van der Waals surface area contributed by atoms with E-state index in [4.69, 9.17) is 0 Å². The number of aromatic nitrogens is 1. The topological polar surface area (TPSA) is 76.4 Å². The molecule has 0 aliphatic rings. The van der Waals surface area contributed by atoms with E-state index in [0.717, 1.165) is 17.4 Å². The van der Waals surface area contributed by atoms with E-state index in [2.05, 4.69) is 0 Å². The van der Waals surface area contributed by atoms with E-state index in [-0.39, 0.29) is 16.5 Å². The van der Waals surface area contributed by atoms with Crippen molar-refractivity contribution in [2.45, 2.75) is 31.2 Å². The highest BCUT2D eigenvalue weighted by Gasteiger charge is 2.14. The molecular formula is C16H19NO4S. The number of aromatic carboxylic acids is 1. The summed E-state index contributed by atoms with van der Waals surface area (Å²) in [6.07, 6.45) is 2.99. The molecule has 5 nitrogen and oxygen atoms in total. The smallest absolute Gasteiger partial charge is 0.352 e. The molecule has 0 amide bonds. The highest BCUT2D eigenvalue weighted by atomic mass is 32.2. The van der Waals surface area contributed by atoms with Gasteiger partial charge in [-0.15, -0.1) is 0 Å². The van der Waals surface area contributed by atoms with Crippen LogP contribution in [0.4, 0.5) is 0 Å². The van der Waals surface area contributed by atoms with Gasteiger partial charge in [0.15, 0.2) is 9.84 Å². The highest BCUT2D eigenvalue weighted by Crippen LogP contribution is 2.20. The van der Waals surface area contributed by atoms with Gasteiger partial charge in [-0.1, -0.05) is 26.0 Å². The Labute approximate surface area is 130 Å². The fraction of sp³-hybridized carbons (Fsp3) is 0.312. The van der Waals surface area contributed by atoms with Crippen molar-refractivity contribution in [2.24, 2.45) is 0 Å². The molecule has 1 aromatic carbocycles. The lowest BCUT2D eigenvalue weighted by atomic mass is 10.1. The molecule has 0 unspecified atom stereocenters. The summed E-state index contributed by atoms with van der Waals surface area (Å²) in [6, 6.07) is 8.17. The van der Waals surface area contributed by atoms with Gasteiger partial charge in [0, 0.05) is 19.0 Å². The molecule has 0 radical (unpaired) electrons. The number of sulfone groups is 1. The molecule has 22 heavy (non-hydrogen) atoms. The monoisotopic (exact) mass is 321 g/mol. The van der Waals surface area contributed by atoms with Crippen molar-refractivity contribution in [1.29, 1.82) is 0 Å². The lowest BCUT2D eigenvalue weighted by Crippen LogP contribution is -2.08. The number of hydrogen-bond donors (Lipinski definition) is 1. The molecule has 1 heterocycles. The van der Waals surface area contributed by atoms with Gasteiger partial charge < -0.3 is 9.67 Å². The summed E-state index contributed by atoms with van der Waals surface area (Å²) in [4.78, 5) is 11.6. The molecule has 6 heteroatoms. The van der Waals surface area contributed by atoms with Crippen molar-refractivity contribution in [1.82, 2.24) is 4.57 Å². The number of carbonyl (C=O) groups is 1. The summed E-state index contributed by atoms with van der Waals surface area (Å²) < 4.78 is 24.6. The zero-order valence-corrected chi connectivity index (χ0v) is 13.6. The molecular weight excluding hydrogens is 302 g/mol. The van der Waals surface area contributed by atoms with Gasteiger partial charge >= 0.3 is 5.97 Å². The molecule has 0 aliphatic heterocycles. The maximum absolute atomic E-state index is 11.4. The number of hydrogen-bond acceptors (Lipinski definition) is 3. The first-order valence-electron chi connectivity index (χ1n) is 6.91. The molecule has 0 spiro atoms. The van der Waals surface area contributed by atoms with Gasteiger partial charge in [-0.3, -0.25) is 0 Å². The van der Waals surface area contributed by atoms with Gasteiger partial charge in [0.1, 0.15) is 5.69 Å². The summed E-state index contributed by atoms with van der Waals surface area (Å²) >= 11 is 0. The number of benzene rings is 1. The predicted molar refractivity (Wildman–Crippen MR) is 84.1 cm³/mol. The average Bonchev–Trinajstić information content (AvgIpc) is 2.82. The fourth-order valence-electron chi connectivity index (χ4n) is 2.20. The van der Waals surface area contributed by atoms with Gasteiger partial charge in [0.25, 0.3) is 0 Å². The van der Waals surface area contributed by atoms with Crippen LogP contribution in [0.2, 0.25) is 0 Å². The Bertz CT molecular complexity index is 786. The Hall–Kier alpha value is -2.08. The van der Waals surface area contributed by atoms with E-state index >= 15 is 0 Å². The van der Waals surface area contributed by atoms with Crippen LogP contribution in [0.15, 0.2) is 41.4 Å². The fourth-order valence-corrected chi connectivity index (χ4v) is 2.83. The minimum atomic E-state index is -3.22. The minimum absolute atomic E-state index is 0.232. The first-order chi connectivity index (χ1) is 10.2. The lowest BCUT2D eigenvalue weighted by molar-refractivity contribution is 0.0685. The molecule has 0 fully saturated rings. The maximum Gasteiger partial charge on any atom is 0.352 e. The third kappa shape index (κ3) is 3.57. The Kier molecular flexibility index (Phi) is 4.42. The molecule has 118 valence electrons. The maximum atomic E-state index is 11.4. The molecule has 2 rings (SSSR count). The summed E-state index contributed by atoms with van der Waals surface area (Å²) in [5, 5.41) is 9.29. The van der Waals surface area contributed by atoms with Crippen molar-refractivity contribution < 1.29 is 18.3 Å². The van der Waals surface area contributed by atoms with E-state index in [1.165, 1.54) is 12.1 Å². The summed E-state index contributed by atoms with van der Waals surface area (Å²) in [7, 11) is -3.22. The second-order valence-corrected chi connectivity index (χ2v) is 7.68. The van der Waals surface area contributed by atoms with Gasteiger partial charge in [-0.25, -0.2) is 13.2 Å². The third-order valence-corrected chi connectivity index (χ3v) is 4.64. The normalized spacial score (nSPS) is 11.8. The first kappa shape index (κ1) is 16.3. The number of nitrogens with zero attached hydrogens (tertiary/aromatic N) is 1. The molecule has 2 aromatic rings. The van der Waals surface area contributed by atoms with E-state index < -0.39 is 15.8 Å². The quantitative estimate of drug-likeness (QED) is 0.918. The summed E-state index contributed by atoms with van der Waals surface area (Å²) in [5.41, 5.74) is 2.04. The zero-order valence-electron chi connectivity index (χ0n) is 12.8. The van der Waals surface area contributed by atoms with Crippen LogP contribution >= 0.6 is 0 Å². The Morgan fingerprint density at radius 1 is 1.23 bits per heavy atom. The summed E-state index contributed by atoms with van der Waals surface area (Å²) in [5.74, 6) is -0.730. The SMILES string of the molecule is CC(C)c1cc(C(=O)O)n(Cc2ccc(S(C)(=O)=O)cc2)c1. The zero-order chi connectivity index (χ0) is 16.5. The molecule has 0 bridgehead atoms. The second kappa shape index (κ2) is 5.96. The molecule has 0 atom stereocenters. The van der Waals surface area contributed by atoms with Crippen LogP contribution in [-0.4, -0.2) is 30.3 Å². The molecule has 0 aliphatic carbocycles. The number of rotatable bonds is 5. The van der Waals surface area contributed by atoms with Crippen LogP contribution in [0.1, 0.15) is 41.4 Å². The largest absolute Gasteiger partial charge is 0.477 e. The van der Waals surface area contributed by atoms with Gasteiger partial charge in [-0.05, 0) is 35.2 Å². The first-order valence-corrected chi connectivity index (χ1v) is 8.80. The van der Waals surface area contributed by atoms with E-state index in [0.29, 0.717) is 6.54 Å². The lowest BCUT2D eigenvalue weighted by Gasteiger charge is -2.07. The van der Waals surface area contributed by atoms with Crippen molar-refractivity contribution in [3.05, 3.63) is 53.3 Å². The van der Waals surface area contributed by atoms with Crippen molar-refractivity contribution in [3.63, 3.8) is 0 Å². The number of carboxylic acid groups (broad SMARTS) is 1. The van der Waals surface area contributed by atoms with Crippen LogP contribution in [0.5, 0.6) is 0 Å². The Balaban J connectivity index is 2.32. The van der Waals surface area contributed by atoms with E-state index in [9.17, 15) is 18.3 Å². The van der Waals surface area contributed by atoms with Gasteiger partial charge in [0.05, 0.1) is 4.90 Å². The Morgan fingerprint density at radius 3 is 2.27 bits per heavy atom. The van der Waals surface area contributed by atoms with Crippen molar-refractivity contribution in [2.75, 3.05) is 6.26 Å². The molecule has 0 saturated carbocycles. The van der Waals surface area contributed by atoms with Gasteiger partial charge in [-0.2, -0.15) is 0 Å². The van der Waals surface area contributed by atoms with Crippen LogP contribution in [0.25, 0.3) is 0 Å². The van der Waals surface area contributed by atoms with E-state index in [1.807, 2.05) is 20.0 Å². The Morgan fingerprint density at radius 2 is 1.82 bits per heavy atom. The van der Waals surface area contributed by atoms with Gasteiger partial charge in [0.2, 0.25) is 0 Å². The third-order valence-electron chi connectivity index (χ3n) is 3.51. The average molecular weight is 321 g/mol. The van der Waals surface area contributed by atoms with Crippen molar-refractivity contribution >= 4 is 15.8 Å². The minimum Gasteiger partial charge on any atom is -0.477 e. The van der Waals surface area contributed by atoms with Crippen LogP contribution < -0.4 is 0 Å². The van der Waals surface area contributed by atoms with Crippen LogP contribution in [0.3, 0.4) is 0 Å². The highest BCUT2D eigenvalue weighted by molar-refractivity contribution is 7.90.